The molecule has 1 aromatic carbocycles. The molecule has 1 atom stereocenters. The van der Waals surface area contributed by atoms with Crippen LogP contribution in [0.2, 0.25) is 0 Å². The summed E-state index contributed by atoms with van der Waals surface area (Å²) < 4.78 is 0. The second-order valence-electron chi connectivity index (χ2n) is 6.06. The summed E-state index contributed by atoms with van der Waals surface area (Å²) in [5.41, 5.74) is 10.4. The average molecular weight is 275 g/mol. The molecule has 0 aliphatic carbocycles. The van der Waals surface area contributed by atoms with Crippen LogP contribution in [0.3, 0.4) is 0 Å². The fourth-order valence-electron chi connectivity index (χ4n) is 3.04. The van der Waals surface area contributed by atoms with Gasteiger partial charge >= 0.3 is 0 Å². The van der Waals surface area contributed by atoms with Gasteiger partial charge in [-0.05, 0) is 37.5 Å². The lowest BCUT2D eigenvalue weighted by atomic mass is 10.1. The van der Waals surface area contributed by atoms with Crippen LogP contribution < -0.4 is 10.6 Å². The van der Waals surface area contributed by atoms with Gasteiger partial charge < -0.3 is 10.6 Å². The lowest BCUT2D eigenvalue weighted by Crippen LogP contribution is -2.50. The summed E-state index contributed by atoms with van der Waals surface area (Å²) in [7, 11) is 0. The van der Waals surface area contributed by atoms with Gasteiger partial charge in [0.15, 0.2) is 0 Å². The van der Waals surface area contributed by atoms with Crippen molar-refractivity contribution in [2.24, 2.45) is 5.73 Å². The SMILES string of the molecule is CCCC(N)CN1CCN(c2cccc(C)c2C)CC1. The van der Waals surface area contributed by atoms with Gasteiger partial charge in [-0.2, -0.15) is 0 Å². The Kier molecular flexibility index (Phi) is 5.44. The van der Waals surface area contributed by atoms with E-state index in [1.54, 1.807) is 0 Å². The van der Waals surface area contributed by atoms with Crippen LogP contribution in [0.15, 0.2) is 18.2 Å². The molecular formula is C17H29N3. The van der Waals surface area contributed by atoms with Crippen molar-refractivity contribution in [2.75, 3.05) is 37.6 Å². The molecule has 2 N–H and O–H groups in total. The average Bonchev–Trinajstić information content (AvgIpc) is 2.43. The Morgan fingerprint density at radius 1 is 1.15 bits per heavy atom. The van der Waals surface area contributed by atoms with Crippen molar-refractivity contribution in [2.45, 2.75) is 39.7 Å². The van der Waals surface area contributed by atoms with Gasteiger partial charge in [0.25, 0.3) is 0 Å². The van der Waals surface area contributed by atoms with Gasteiger partial charge in [-0.15, -0.1) is 0 Å². The first-order valence-corrected chi connectivity index (χ1v) is 7.91. The van der Waals surface area contributed by atoms with E-state index < -0.39 is 0 Å². The molecule has 3 heteroatoms. The molecule has 0 bridgehead atoms. The van der Waals surface area contributed by atoms with E-state index in [1.165, 1.54) is 23.2 Å². The van der Waals surface area contributed by atoms with Crippen molar-refractivity contribution in [3.8, 4) is 0 Å². The molecular weight excluding hydrogens is 246 g/mol. The van der Waals surface area contributed by atoms with Gasteiger partial charge in [0.05, 0.1) is 0 Å². The van der Waals surface area contributed by atoms with Crippen molar-refractivity contribution < 1.29 is 0 Å². The van der Waals surface area contributed by atoms with E-state index in [1.807, 2.05) is 0 Å². The van der Waals surface area contributed by atoms with Crippen LogP contribution in [-0.2, 0) is 0 Å². The molecule has 0 saturated carbocycles. The van der Waals surface area contributed by atoms with Gasteiger partial charge in [-0.25, -0.2) is 0 Å². The van der Waals surface area contributed by atoms with Crippen LogP contribution in [0.25, 0.3) is 0 Å². The Balaban J connectivity index is 1.89. The molecule has 1 aromatic rings. The molecule has 0 spiro atoms. The molecule has 0 amide bonds. The molecule has 1 saturated heterocycles. The molecule has 20 heavy (non-hydrogen) atoms. The Morgan fingerprint density at radius 3 is 2.50 bits per heavy atom. The topological polar surface area (TPSA) is 32.5 Å². The quantitative estimate of drug-likeness (QED) is 0.896. The smallest absolute Gasteiger partial charge is 0.0399 e. The number of benzene rings is 1. The molecule has 3 nitrogen and oxygen atoms in total. The van der Waals surface area contributed by atoms with E-state index in [-0.39, 0.29) is 0 Å². The zero-order valence-corrected chi connectivity index (χ0v) is 13.2. The fraction of sp³-hybridized carbons (Fsp3) is 0.647. The maximum atomic E-state index is 6.15. The largest absolute Gasteiger partial charge is 0.369 e. The minimum atomic E-state index is 0.340. The summed E-state index contributed by atoms with van der Waals surface area (Å²) in [4.78, 5) is 5.03. The van der Waals surface area contributed by atoms with Crippen molar-refractivity contribution in [3.05, 3.63) is 29.3 Å². The molecule has 112 valence electrons. The molecule has 1 fully saturated rings. The van der Waals surface area contributed by atoms with Crippen LogP contribution in [0.1, 0.15) is 30.9 Å². The van der Waals surface area contributed by atoms with Crippen LogP contribution >= 0.6 is 0 Å². The van der Waals surface area contributed by atoms with E-state index in [9.17, 15) is 0 Å². The summed E-state index contributed by atoms with van der Waals surface area (Å²) in [6, 6.07) is 6.95. The monoisotopic (exact) mass is 275 g/mol. The zero-order chi connectivity index (χ0) is 14.5. The number of piperazine rings is 1. The first kappa shape index (κ1) is 15.3. The Morgan fingerprint density at radius 2 is 1.85 bits per heavy atom. The van der Waals surface area contributed by atoms with Crippen molar-refractivity contribution in [1.82, 2.24) is 4.90 Å². The third-order valence-electron chi connectivity index (χ3n) is 4.44. The first-order chi connectivity index (χ1) is 9.61. The van der Waals surface area contributed by atoms with Crippen molar-refractivity contribution >= 4 is 5.69 Å². The molecule has 1 aliphatic heterocycles. The van der Waals surface area contributed by atoms with E-state index in [2.05, 4.69) is 48.8 Å². The molecule has 0 radical (unpaired) electrons. The number of anilines is 1. The summed E-state index contributed by atoms with van der Waals surface area (Å²) >= 11 is 0. The molecule has 1 heterocycles. The number of hydrogen-bond donors (Lipinski definition) is 1. The van der Waals surface area contributed by atoms with Crippen LogP contribution in [0, 0.1) is 13.8 Å². The van der Waals surface area contributed by atoms with Crippen LogP contribution in [-0.4, -0.2) is 43.7 Å². The maximum Gasteiger partial charge on any atom is 0.0399 e. The summed E-state index contributed by atoms with van der Waals surface area (Å²) in [6.45, 7) is 12.2. The molecule has 1 unspecified atom stereocenters. The number of aryl methyl sites for hydroxylation is 1. The Hall–Kier alpha value is -1.06. The molecule has 1 aliphatic rings. The lowest BCUT2D eigenvalue weighted by Gasteiger charge is -2.38. The molecule has 0 aromatic heterocycles. The van der Waals surface area contributed by atoms with E-state index in [0.717, 1.165) is 39.1 Å². The van der Waals surface area contributed by atoms with Crippen LogP contribution in [0.4, 0.5) is 5.69 Å². The van der Waals surface area contributed by atoms with E-state index in [4.69, 9.17) is 5.73 Å². The zero-order valence-electron chi connectivity index (χ0n) is 13.2. The lowest BCUT2D eigenvalue weighted by molar-refractivity contribution is 0.238. The minimum Gasteiger partial charge on any atom is -0.369 e. The van der Waals surface area contributed by atoms with E-state index in [0.29, 0.717) is 6.04 Å². The Labute approximate surface area is 123 Å². The van der Waals surface area contributed by atoms with Gasteiger partial charge in [0.2, 0.25) is 0 Å². The number of hydrogen-bond acceptors (Lipinski definition) is 3. The van der Waals surface area contributed by atoms with Crippen molar-refractivity contribution in [1.29, 1.82) is 0 Å². The van der Waals surface area contributed by atoms with Gasteiger partial charge in [-0.3, -0.25) is 4.90 Å². The highest BCUT2D eigenvalue weighted by molar-refractivity contribution is 5.56. The fourth-order valence-corrected chi connectivity index (χ4v) is 3.04. The predicted molar refractivity (Wildman–Crippen MR) is 87.5 cm³/mol. The van der Waals surface area contributed by atoms with Crippen LogP contribution in [0.5, 0.6) is 0 Å². The third kappa shape index (κ3) is 3.74. The number of nitrogens with two attached hydrogens (primary N) is 1. The summed E-state index contributed by atoms with van der Waals surface area (Å²) in [5.74, 6) is 0. The predicted octanol–water partition coefficient (Wildman–Crippen LogP) is 2.55. The first-order valence-electron chi connectivity index (χ1n) is 7.91. The summed E-state index contributed by atoms with van der Waals surface area (Å²) in [5, 5.41) is 0. The second kappa shape index (κ2) is 7.09. The number of rotatable bonds is 5. The Bertz CT molecular complexity index is 422. The van der Waals surface area contributed by atoms with Gasteiger partial charge in [-0.1, -0.05) is 25.5 Å². The third-order valence-corrected chi connectivity index (χ3v) is 4.44. The normalized spacial score (nSPS) is 18.3. The van der Waals surface area contributed by atoms with E-state index >= 15 is 0 Å². The van der Waals surface area contributed by atoms with Crippen molar-refractivity contribution in [3.63, 3.8) is 0 Å². The highest BCUT2D eigenvalue weighted by atomic mass is 15.3. The second-order valence-corrected chi connectivity index (χ2v) is 6.06. The summed E-state index contributed by atoms with van der Waals surface area (Å²) in [6.07, 6.45) is 2.32. The molecule has 2 rings (SSSR count). The van der Waals surface area contributed by atoms with Gasteiger partial charge in [0, 0.05) is 44.5 Å². The highest BCUT2D eigenvalue weighted by Crippen LogP contribution is 2.23. The maximum absolute atomic E-state index is 6.15. The standard InChI is InChI=1S/C17H29N3/c1-4-6-16(18)13-19-9-11-20(12-10-19)17-8-5-7-14(2)15(17)3/h5,7-8,16H,4,6,9-13,18H2,1-3H3. The minimum absolute atomic E-state index is 0.340. The highest BCUT2D eigenvalue weighted by Gasteiger charge is 2.19. The van der Waals surface area contributed by atoms with Gasteiger partial charge in [0.1, 0.15) is 0 Å². The number of nitrogens with zero attached hydrogens (tertiary/aromatic N) is 2.